The van der Waals surface area contributed by atoms with Crippen molar-refractivity contribution in [2.24, 2.45) is 5.41 Å². The van der Waals surface area contributed by atoms with Gasteiger partial charge in [0, 0.05) is 20.3 Å². The van der Waals surface area contributed by atoms with Crippen molar-refractivity contribution >= 4 is 17.4 Å². The van der Waals surface area contributed by atoms with Crippen LogP contribution in [0.15, 0.2) is 0 Å². The molecule has 0 aliphatic heterocycles. The molecule has 0 saturated heterocycles. The molecule has 5 heteroatoms. The van der Waals surface area contributed by atoms with E-state index in [0.29, 0.717) is 16.4 Å². The minimum Gasteiger partial charge on any atom is -0.385 e. The Kier molecular flexibility index (Phi) is 4.07. The number of ether oxygens (including phenoxy) is 1. The van der Waals surface area contributed by atoms with Gasteiger partial charge in [-0.3, -0.25) is 0 Å². The Hall–Kier alpha value is -0.870. The van der Waals surface area contributed by atoms with Gasteiger partial charge < -0.3 is 10.1 Å². The van der Waals surface area contributed by atoms with Gasteiger partial charge in [-0.05, 0) is 38.5 Å². The van der Waals surface area contributed by atoms with Crippen molar-refractivity contribution in [2.75, 3.05) is 25.6 Å². The van der Waals surface area contributed by atoms with Gasteiger partial charge in [0.15, 0.2) is 11.0 Å². The first-order chi connectivity index (χ1) is 8.56. The standard InChI is InChI=1S/C13H20ClN3O/c1-9-10(2)17-12(11(14)16-9)15-8-13(4-5-13)6-7-18-3/h4-8H2,1-3H3,(H,15,17). The van der Waals surface area contributed by atoms with Crippen molar-refractivity contribution in [3.05, 3.63) is 16.5 Å². The zero-order valence-corrected chi connectivity index (χ0v) is 12.0. The topological polar surface area (TPSA) is 47.0 Å². The largest absolute Gasteiger partial charge is 0.385 e. The summed E-state index contributed by atoms with van der Waals surface area (Å²) < 4.78 is 5.15. The minimum atomic E-state index is 0.375. The molecule has 1 N–H and O–H groups in total. The summed E-state index contributed by atoms with van der Waals surface area (Å²) in [6, 6.07) is 0. The number of nitrogens with one attached hydrogen (secondary N) is 1. The molecular weight excluding hydrogens is 250 g/mol. The zero-order valence-electron chi connectivity index (χ0n) is 11.2. The lowest BCUT2D eigenvalue weighted by Crippen LogP contribution is -2.18. The molecule has 0 bridgehead atoms. The third-order valence-corrected chi connectivity index (χ3v) is 3.95. The number of nitrogens with zero attached hydrogens (tertiary/aromatic N) is 2. The number of halogens is 1. The smallest absolute Gasteiger partial charge is 0.171 e. The van der Waals surface area contributed by atoms with Crippen molar-refractivity contribution in [1.82, 2.24) is 9.97 Å². The molecule has 0 amide bonds. The Bertz CT molecular complexity index is 432. The number of aryl methyl sites for hydroxylation is 2. The molecule has 18 heavy (non-hydrogen) atoms. The van der Waals surface area contributed by atoms with Crippen LogP contribution >= 0.6 is 11.6 Å². The second-order valence-electron chi connectivity index (χ2n) is 5.13. The first-order valence-electron chi connectivity index (χ1n) is 6.30. The number of rotatable bonds is 6. The van der Waals surface area contributed by atoms with Crippen LogP contribution in [0.4, 0.5) is 5.82 Å². The predicted octanol–water partition coefficient (Wildman–Crippen LogP) is 2.98. The van der Waals surface area contributed by atoms with Crippen molar-refractivity contribution in [1.29, 1.82) is 0 Å². The van der Waals surface area contributed by atoms with Gasteiger partial charge in [-0.2, -0.15) is 0 Å². The summed E-state index contributed by atoms with van der Waals surface area (Å²) in [6.07, 6.45) is 3.59. The fourth-order valence-electron chi connectivity index (χ4n) is 1.97. The van der Waals surface area contributed by atoms with E-state index in [4.69, 9.17) is 16.3 Å². The highest BCUT2D eigenvalue weighted by atomic mass is 35.5. The molecule has 2 rings (SSSR count). The summed E-state index contributed by atoms with van der Waals surface area (Å²) in [5, 5.41) is 3.79. The quantitative estimate of drug-likeness (QED) is 0.862. The number of hydrogen-bond donors (Lipinski definition) is 1. The fraction of sp³-hybridized carbons (Fsp3) is 0.692. The van der Waals surface area contributed by atoms with Crippen LogP contribution < -0.4 is 5.32 Å². The first-order valence-corrected chi connectivity index (χ1v) is 6.68. The molecule has 0 atom stereocenters. The second kappa shape index (κ2) is 5.41. The lowest BCUT2D eigenvalue weighted by Gasteiger charge is -2.16. The molecule has 1 aromatic heterocycles. The second-order valence-corrected chi connectivity index (χ2v) is 5.49. The van der Waals surface area contributed by atoms with Gasteiger partial charge >= 0.3 is 0 Å². The summed E-state index contributed by atoms with van der Waals surface area (Å²) in [5.41, 5.74) is 2.18. The summed E-state index contributed by atoms with van der Waals surface area (Å²) in [7, 11) is 1.75. The molecule has 1 aromatic rings. The van der Waals surface area contributed by atoms with E-state index < -0.39 is 0 Å². The number of aromatic nitrogens is 2. The summed E-state index contributed by atoms with van der Waals surface area (Å²) >= 11 is 6.09. The third kappa shape index (κ3) is 3.12. The molecule has 0 spiro atoms. The lowest BCUT2D eigenvalue weighted by atomic mass is 10.0. The van der Waals surface area contributed by atoms with E-state index in [2.05, 4.69) is 15.3 Å². The van der Waals surface area contributed by atoms with Crippen LogP contribution in [0.1, 0.15) is 30.7 Å². The van der Waals surface area contributed by atoms with Crippen molar-refractivity contribution < 1.29 is 4.74 Å². The van der Waals surface area contributed by atoms with E-state index in [0.717, 1.165) is 31.0 Å². The Labute approximate surface area is 113 Å². The van der Waals surface area contributed by atoms with E-state index >= 15 is 0 Å². The molecule has 1 heterocycles. The van der Waals surface area contributed by atoms with Crippen LogP contribution in [0.25, 0.3) is 0 Å². The Morgan fingerprint density at radius 2 is 1.94 bits per heavy atom. The zero-order chi connectivity index (χ0) is 13.2. The van der Waals surface area contributed by atoms with Crippen LogP contribution in [0.2, 0.25) is 5.15 Å². The first kappa shape index (κ1) is 13.6. The van der Waals surface area contributed by atoms with Gasteiger partial charge in [-0.25, -0.2) is 9.97 Å². The molecule has 1 saturated carbocycles. The average molecular weight is 270 g/mol. The third-order valence-electron chi connectivity index (χ3n) is 3.69. The molecule has 100 valence electrons. The molecule has 0 aromatic carbocycles. The number of anilines is 1. The van der Waals surface area contributed by atoms with Crippen LogP contribution in [0, 0.1) is 19.3 Å². The monoisotopic (exact) mass is 269 g/mol. The van der Waals surface area contributed by atoms with Gasteiger partial charge in [0.25, 0.3) is 0 Å². The molecule has 0 unspecified atom stereocenters. The van der Waals surface area contributed by atoms with Gasteiger partial charge in [-0.15, -0.1) is 0 Å². The number of hydrogen-bond acceptors (Lipinski definition) is 4. The van der Waals surface area contributed by atoms with E-state index in [1.54, 1.807) is 7.11 Å². The highest BCUT2D eigenvalue weighted by Crippen LogP contribution is 2.48. The normalized spacial score (nSPS) is 16.7. The molecule has 1 aliphatic rings. The Balaban J connectivity index is 1.96. The van der Waals surface area contributed by atoms with Crippen molar-refractivity contribution in [2.45, 2.75) is 33.1 Å². The fourth-order valence-corrected chi connectivity index (χ4v) is 2.21. The van der Waals surface area contributed by atoms with Gasteiger partial charge in [-0.1, -0.05) is 11.6 Å². The van der Waals surface area contributed by atoms with E-state index in [9.17, 15) is 0 Å². The predicted molar refractivity (Wildman–Crippen MR) is 73.2 cm³/mol. The SMILES string of the molecule is COCCC1(CNc2nc(C)c(C)nc2Cl)CC1. The molecular formula is C13H20ClN3O. The molecule has 0 radical (unpaired) electrons. The van der Waals surface area contributed by atoms with Gasteiger partial charge in [0.1, 0.15) is 0 Å². The summed E-state index contributed by atoms with van der Waals surface area (Å²) in [5.74, 6) is 0.698. The van der Waals surface area contributed by atoms with Crippen LogP contribution in [-0.2, 0) is 4.74 Å². The maximum atomic E-state index is 6.09. The van der Waals surface area contributed by atoms with Gasteiger partial charge in [0.2, 0.25) is 0 Å². The summed E-state index contributed by atoms with van der Waals surface area (Å²) in [4.78, 5) is 8.72. The highest BCUT2D eigenvalue weighted by Gasteiger charge is 2.41. The van der Waals surface area contributed by atoms with Crippen molar-refractivity contribution in [3.8, 4) is 0 Å². The minimum absolute atomic E-state index is 0.375. The van der Waals surface area contributed by atoms with Crippen LogP contribution in [0.5, 0.6) is 0 Å². The van der Waals surface area contributed by atoms with E-state index in [-0.39, 0.29) is 0 Å². The number of methoxy groups -OCH3 is 1. The maximum Gasteiger partial charge on any atom is 0.171 e. The van der Waals surface area contributed by atoms with E-state index in [1.165, 1.54) is 12.8 Å². The Morgan fingerprint density at radius 1 is 1.28 bits per heavy atom. The van der Waals surface area contributed by atoms with Crippen LogP contribution in [0.3, 0.4) is 0 Å². The molecule has 4 nitrogen and oxygen atoms in total. The molecule has 1 fully saturated rings. The maximum absolute atomic E-state index is 6.09. The lowest BCUT2D eigenvalue weighted by molar-refractivity contribution is 0.175. The highest BCUT2D eigenvalue weighted by molar-refractivity contribution is 6.31. The van der Waals surface area contributed by atoms with Crippen molar-refractivity contribution in [3.63, 3.8) is 0 Å². The Morgan fingerprint density at radius 3 is 2.56 bits per heavy atom. The molecule has 1 aliphatic carbocycles. The van der Waals surface area contributed by atoms with E-state index in [1.807, 2.05) is 13.8 Å². The summed E-state index contributed by atoms with van der Waals surface area (Å²) in [6.45, 7) is 5.57. The van der Waals surface area contributed by atoms with Gasteiger partial charge in [0.05, 0.1) is 11.4 Å². The van der Waals surface area contributed by atoms with Crippen LogP contribution in [-0.4, -0.2) is 30.2 Å². The average Bonchev–Trinajstić information content (AvgIpc) is 3.10.